The number of nitrogens with zero attached hydrogens (tertiary/aromatic N) is 5. The number of carboxylic acids is 1. The van der Waals surface area contributed by atoms with Crippen LogP contribution in [0.3, 0.4) is 0 Å². The Bertz CT molecular complexity index is 1360. The summed E-state index contributed by atoms with van der Waals surface area (Å²) in [7, 11) is -7.17. The summed E-state index contributed by atoms with van der Waals surface area (Å²) in [5.41, 5.74) is 1.83. The first-order chi connectivity index (χ1) is 14.9. The van der Waals surface area contributed by atoms with Gasteiger partial charge in [-0.05, 0) is 12.1 Å². The zero-order valence-corrected chi connectivity index (χ0v) is 18.3. The fourth-order valence-electron chi connectivity index (χ4n) is 2.40. The van der Waals surface area contributed by atoms with Crippen molar-refractivity contribution in [3.05, 3.63) is 42.5 Å². The van der Waals surface area contributed by atoms with Gasteiger partial charge in [-0.15, -0.1) is 0 Å². The van der Waals surface area contributed by atoms with E-state index in [0.717, 1.165) is 12.5 Å². The Kier molecular flexibility index (Phi) is 6.28. The summed E-state index contributed by atoms with van der Waals surface area (Å²) in [6.07, 6.45) is 6.74. The lowest BCUT2D eigenvalue weighted by Gasteiger charge is -2.07. The molecule has 3 aromatic rings. The maximum absolute atomic E-state index is 11.6. The van der Waals surface area contributed by atoms with Gasteiger partial charge in [0.2, 0.25) is 30.0 Å². The predicted molar refractivity (Wildman–Crippen MR) is 112 cm³/mol. The normalized spacial score (nSPS) is 11.4. The van der Waals surface area contributed by atoms with Gasteiger partial charge in [0.25, 0.3) is 0 Å². The lowest BCUT2D eigenvalue weighted by Crippen LogP contribution is -2.04. The molecule has 3 heterocycles. The lowest BCUT2D eigenvalue weighted by atomic mass is 10.1. The Morgan fingerprint density at radius 1 is 0.844 bits per heavy atom. The van der Waals surface area contributed by atoms with E-state index in [2.05, 4.69) is 36.8 Å². The number of pyridine rings is 1. The topological polar surface area (TPSA) is 170 Å². The first-order valence-electron chi connectivity index (χ1n) is 8.71. The SMILES string of the molecule is CS(=O)(=O)c1ncc(-c2cc(C#CCC(=O)O)cc(-c3cnc(S(C)(=O)=O)nc3)n2)cn1. The third-order valence-corrected chi connectivity index (χ3v) is 5.56. The molecular formula is C19H15N5O6S2. The van der Waals surface area contributed by atoms with E-state index in [-0.39, 0.29) is 16.7 Å². The van der Waals surface area contributed by atoms with E-state index in [1.807, 2.05) is 0 Å². The molecule has 0 aromatic carbocycles. The Hall–Kier alpha value is -3.76. The van der Waals surface area contributed by atoms with Crippen molar-refractivity contribution in [3.8, 4) is 34.4 Å². The summed E-state index contributed by atoms with van der Waals surface area (Å²) in [6, 6.07) is 3.12. The van der Waals surface area contributed by atoms with Crippen LogP contribution in [0, 0.1) is 11.8 Å². The van der Waals surface area contributed by atoms with Gasteiger partial charge in [-0.3, -0.25) is 4.79 Å². The average Bonchev–Trinajstić information content (AvgIpc) is 2.72. The van der Waals surface area contributed by atoms with Crippen molar-refractivity contribution in [2.45, 2.75) is 16.7 Å². The van der Waals surface area contributed by atoms with Gasteiger partial charge in [0, 0.05) is 54.0 Å². The fraction of sp³-hybridized carbons (Fsp3) is 0.158. The molecule has 0 bridgehead atoms. The van der Waals surface area contributed by atoms with E-state index in [1.54, 1.807) is 12.1 Å². The first kappa shape index (κ1) is 22.9. The standard InChI is InChI=1S/C19H15N5O6S2/c1-31(27,28)18-20-8-13(9-21-18)15-6-12(4-3-5-17(25)26)7-16(24-15)14-10-22-19(23-11-14)32(2,29)30/h6-11H,5H2,1-2H3,(H,25,26). The average molecular weight is 473 g/mol. The van der Waals surface area contributed by atoms with Crippen molar-refractivity contribution < 1.29 is 26.7 Å². The lowest BCUT2D eigenvalue weighted by molar-refractivity contribution is -0.135. The third-order valence-electron chi connectivity index (χ3n) is 3.81. The van der Waals surface area contributed by atoms with E-state index >= 15 is 0 Å². The molecule has 164 valence electrons. The number of aliphatic carboxylic acids is 1. The quantitative estimate of drug-likeness (QED) is 0.407. The van der Waals surface area contributed by atoms with Crippen LogP contribution in [0.5, 0.6) is 0 Å². The minimum Gasteiger partial charge on any atom is -0.481 e. The molecule has 3 rings (SSSR count). The molecule has 0 unspecified atom stereocenters. The van der Waals surface area contributed by atoms with Crippen molar-refractivity contribution in [2.75, 3.05) is 12.5 Å². The molecule has 13 heteroatoms. The molecule has 0 saturated carbocycles. The van der Waals surface area contributed by atoms with Crippen molar-refractivity contribution in [1.82, 2.24) is 24.9 Å². The summed E-state index contributed by atoms with van der Waals surface area (Å²) in [6.45, 7) is 0. The van der Waals surface area contributed by atoms with Gasteiger partial charge in [-0.2, -0.15) is 0 Å². The minimum atomic E-state index is -3.58. The highest BCUT2D eigenvalue weighted by molar-refractivity contribution is 7.90. The molecule has 0 aliphatic rings. The van der Waals surface area contributed by atoms with Crippen LogP contribution in [0.1, 0.15) is 12.0 Å². The number of aromatic nitrogens is 5. The zero-order valence-electron chi connectivity index (χ0n) is 16.7. The van der Waals surface area contributed by atoms with Crippen molar-refractivity contribution in [1.29, 1.82) is 0 Å². The van der Waals surface area contributed by atoms with E-state index in [1.165, 1.54) is 24.8 Å². The number of carbonyl (C=O) groups is 1. The molecule has 0 amide bonds. The van der Waals surface area contributed by atoms with E-state index < -0.39 is 25.6 Å². The van der Waals surface area contributed by atoms with Crippen LogP contribution in [0.25, 0.3) is 22.5 Å². The second-order valence-electron chi connectivity index (χ2n) is 6.55. The number of hydrogen-bond acceptors (Lipinski definition) is 10. The third kappa shape index (κ3) is 5.68. The van der Waals surface area contributed by atoms with E-state index in [9.17, 15) is 21.6 Å². The van der Waals surface area contributed by atoms with Crippen molar-refractivity contribution >= 4 is 25.6 Å². The summed E-state index contributed by atoms with van der Waals surface area (Å²) in [5.74, 6) is 4.16. The van der Waals surface area contributed by atoms with Crippen LogP contribution in [0.2, 0.25) is 0 Å². The van der Waals surface area contributed by atoms with Gasteiger partial charge >= 0.3 is 5.97 Å². The Balaban J connectivity index is 2.11. The highest BCUT2D eigenvalue weighted by Crippen LogP contribution is 2.24. The summed E-state index contributed by atoms with van der Waals surface area (Å²) in [5, 5.41) is 8.11. The van der Waals surface area contributed by atoms with Gasteiger partial charge in [0.1, 0.15) is 6.42 Å². The van der Waals surface area contributed by atoms with Crippen LogP contribution >= 0.6 is 0 Å². The minimum absolute atomic E-state index is 0.328. The summed E-state index contributed by atoms with van der Waals surface area (Å²) < 4.78 is 46.3. The van der Waals surface area contributed by atoms with Gasteiger partial charge < -0.3 is 5.11 Å². The highest BCUT2D eigenvalue weighted by atomic mass is 32.2. The molecule has 32 heavy (non-hydrogen) atoms. The van der Waals surface area contributed by atoms with Gasteiger partial charge in [0.15, 0.2) is 0 Å². The van der Waals surface area contributed by atoms with E-state index in [4.69, 9.17) is 5.11 Å². The molecule has 0 radical (unpaired) electrons. The second-order valence-corrected chi connectivity index (χ2v) is 10.4. The fourth-order valence-corrected chi connectivity index (χ4v) is 3.38. The van der Waals surface area contributed by atoms with Crippen LogP contribution in [0.15, 0.2) is 47.2 Å². The molecule has 0 aliphatic heterocycles. The number of hydrogen-bond donors (Lipinski definition) is 1. The maximum Gasteiger partial charge on any atom is 0.315 e. The number of carboxylic acid groups (broad SMARTS) is 1. The summed E-state index contributed by atoms with van der Waals surface area (Å²) >= 11 is 0. The molecule has 0 saturated heterocycles. The van der Waals surface area contributed by atoms with Crippen LogP contribution in [0.4, 0.5) is 0 Å². The molecule has 0 aliphatic carbocycles. The van der Waals surface area contributed by atoms with Crippen LogP contribution < -0.4 is 0 Å². The first-order valence-corrected chi connectivity index (χ1v) is 12.5. The molecule has 0 spiro atoms. The maximum atomic E-state index is 11.6. The monoisotopic (exact) mass is 473 g/mol. The summed E-state index contributed by atoms with van der Waals surface area (Å²) in [4.78, 5) is 30.6. The number of rotatable bonds is 5. The van der Waals surface area contributed by atoms with Crippen LogP contribution in [-0.4, -0.2) is 65.3 Å². The smallest absolute Gasteiger partial charge is 0.315 e. The van der Waals surface area contributed by atoms with E-state index in [0.29, 0.717) is 28.1 Å². The molecule has 11 nitrogen and oxygen atoms in total. The Labute approximate surface area is 183 Å². The van der Waals surface area contributed by atoms with Gasteiger partial charge in [-0.1, -0.05) is 11.8 Å². The van der Waals surface area contributed by atoms with Crippen molar-refractivity contribution in [3.63, 3.8) is 0 Å². The second kappa shape index (κ2) is 8.77. The predicted octanol–water partition coefficient (Wildman–Crippen LogP) is 0.629. The van der Waals surface area contributed by atoms with Gasteiger partial charge in [-0.25, -0.2) is 41.8 Å². The largest absolute Gasteiger partial charge is 0.481 e. The molecule has 1 N–H and O–H groups in total. The Morgan fingerprint density at radius 3 is 1.59 bits per heavy atom. The molecular weight excluding hydrogens is 458 g/mol. The number of sulfone groups is 2. The molecule has 0 atom stereocenters. The van der Waals surface area contributed by atoms with Gasteiger partial charge in [0.05, 0.1) is 11.4 Å². The highest BCUT2D eigenvalue weighted by Gasteiger charge is 2.14. The molecule has 3 aromatic heterocycles. The zero-order chi connectivity index (χ0) is 23.5. The van der Waals surface area contributed by atoms with Crippen LogP contribution in [-0.2, 0) is 24.5 Å². The van der Waals surface area contributed by atoms with Crippen molar-refractivity contribution in [2.24, 2.45) is 0 Å². The Morgan fingerprint density at radius 2 is 1.25 bits per heavy atom. The molecule has 0 fully saturated rings.